The van der Waals surface area contributed by atoms with Crippen molar-refractivity contribution in [1.29, 1.82) is 0 Å². The summed E-state index contributed by atoms with van der Waals surface area (Å²) in [7, 11) is 1.51. The summed E-state index contributed by atoms with van der Waals surface area (Å²) in [4.78, 5) is 25.7. The highest BCUT2D eigenvalue weighted by Crippen LogP contribution is 2.25. The SMILES string of the molecule is CN(C(=O)c1noc2c1CCCC2)C(Cc1ccccc1)C(=O)O. The Kier molecular flexibility index (Phi) is 4.64. The second-order valence-electron chi connectivity index (χ2n) is 6.10. The van der Waals surface area contributed by atoms with Gasteiger partial charge in [-0.3, -0.25) is 4.79 Å². The molecule has 1 unspecified atom stereocenters. The van der Waals surface area contributed by atoms with Gasteiger partial charge in [-0.1, -0.05) is 35.5 Å². The molecule has 24 heavy (non-hydrogen) atoms. The Morgan fingerprint density at radius 2 is 1.96 bits per heavy atom. The van der Waals surface area contributed by atoms with E-state index >= 15 is 0 Å². The van der Waals surface area contributed by atoms with Crippen molar-refractivity contribution in [3.63, 3.8) is 0 Å². The average Bonchev–Trinajstić information content (AvgIpc) is 3.03. The van der Waals surface area contributed by atoms with Gasteiger partial charge in [-0.2, -0.15) is 0 Å². The number of hydrogen-bond donors (Lipinski definition) is 1. The van der Waals surface area contributed by atoms with Gasteiger partial charge in [0.1, 0.15) is 11.8 Å². The van der Waals surface area contributed by atoms with Gasteiger partial charge in [0.15, 0.2) is 5.69 Å². The summed E-state index contributed by atoms with van der Waals surface area (Å²) in [6, 6.07) is 8.33. The first-order valence-electron chi connectivity index (χ1n) is 8.09. The molecule has 2 aromatic rings. The fourth-order valence-corrected chi connectivity index (χ4v) is 3.09. The maximum atomic E-state index is 12.8. The number of carbonyl (C=O) groups is 2. The Morgan fingerprint density at radius 3 is 2.67 bits per heavy atom. The number of carboxylic acid groups (broad SMARTS) is 1. The quantitative estimate of drug-likeness (QED) is 0.910. The fraction of sp³-hybridized carbons (Fsp3) is 0.389. The minimum Gasteiger partial charge on any atom is -0.480 e. The summed E-state index contributed by atoms with van der Waals surface area (Å²) < 4.78 is 5.27. The van der Waals surface area contributed by atoms with E-state index < -0.39 is 17.9 Å². The summed E-state index contributed by atoms with van der Waals surface area (Å²) in [5.74, 6) is -0.676. The van der Waals surface area contributed by atoms with Crippen molar-refractivity contribution in [2.45, 2.75) is 38.1 Å². The number of benzene rings is 1. The van der Waals surface area contributed by atoms with Gasteiger partial charge in [0.25, 0.3) is 5.91 Å². The molecule has 126 valence electrons. The number of likely N-dealkylation sites (N-methyl/N-ethyl adjacent to an activating group) is 1. The van der Waals surface area contributed by atoms with Crippen LogP contribution in [0.25, 0.3) is 0 Å². The van der Waals surface area contributed by atoms with E-state index in [2.05, 4.69) is 5.16 Å². The number of aromatic nitrogens is 1. The largest absolute Gasteiger partial charge is 0.480 e. The molecule has 1 aliphatic carbocycles. The van der Waals surface area contributed by atoms with E-state index in [1.165, 1.54) is 11.9 Å². The van der Waals surface area contributed by atoms with Crippen molar-refractivity contribution >= 4 is 11.9 Å². The lowest BCUT2D eigenvalue weighted by molar-refractivity contribution is -0.141. The van der Waals surface area contributed by atoms with Gasteiger partial charge in [-0.25, -0.2) is 4.79 Å². The number of nitrogens with zero attached hydrogens (tertiary/aromatic N) is 2. The minimum atomic E-state index is -1.04. The van der Waals surface area contributed by atoms with Crippen molar-refractivity contribution in [1.82, 2.24) is 10.1 Å². The Labute approximate surface area is 140 Å². The van der Waals surface area contributed by atoms with Crippen molar-refractivity contribution < 1.29 is 19.2 Å². The Morgan fingerprint density at radius 1 is 1.25 bits per heavy atom. The normalized spacial score (nSPS) is 14.7. The number of aryl methyl sites for hydroxylation is 1. The third kappa shape index (κ3) is 3.18. The van der Waals surface area contributed by atoms with Crippen LogP contribution < -0.4 is 0 Å². The Hall–Kier alpha value is -2.63. The first kappa shape index (κ1) is 16.2. The predicted octanol–water partition coefficient (Wildman–Crippen LogP) is 2.32. The molecule has 1 aromatic heterocycles. The number of carboxylic acids is 1. The molecule has 0 radical (unpaired) electrons. The minimum absolute atomic E-state index is 0.248. The second kappa shape index (κ2) is 6.86. The lowest BCUT2D eigenvalue weighted by atomic mass is 9.96. The molecule has 6 heteroatoms. The van der Waals surface area contributed by atoms with Crippen LogP contribution in [0.4, 0.5) is 0 Å². The maximum absolute atomic E-state index is 12.8. The monoisotopic (exact) mass is 328 g/mol. The predicted molar refractivity (Wildman–Crippen MR) is 86.8 cm³/mol. The highest BCUT2D eigenvalue weighted by atomic mass is 16.5. The zero-order valence-corrected chi connectivity index (χ0v) is 13.6. The van der Waals surface area contributed by atoms with Crippen LogP contribution in [0.15, 0.2) is 34.9 Å². The van der Waals surface area contributed by atoms with Crippen LogP contribution >= 0.6 is 0 Å². The summed E-state index contributed by atoms with van der Waals surface area (Å²) >= 11 is 0. The molecule has 1 aromatic carbocycles. The molecule has 1 aliphatic rings. The number of hydrogen-bond acceptors (Lipinski definition) is 4. The lowest BCUT2D eigenvalue weighted by Gasteiger charge is -2.24. The molecule has 0 bridgehead atoms. The third-order valence-corrected chi connectivity index (χ3v) is 4.50. The van der Waals surface area contributed by atoms with Crippen molar-refractivity contribution in [3.05, 3.63) is 52.9 Å². The topological polar surface area (TPSA) is 83.6 Å². The molecule has 3 rings (SSSR count). The number of fused-ring (bicyclic) bond motifs is 1. The first-order chi connectivity index (χ1) is 11.6. The summed E-state index contributed by atoms with van der Waals surface area (Å²) in [6.45, 7) is 0. The van der Waals surface area contributed by atoms with E-state index in [4.69, 9.17) is 4.52 Å². The van der Waals surface area contributed by atoms with E-state index in [0.717, 1.165) is 42.6 Å². The van der Waals surface area contributed by atoms with Crippen LogP contribution in [0.3, 0.4) is 0 Å². The van der Waals surface area contributed by atoms with Gasteiger partial charge in [-0.15, -0.1) is 0 Å². The standard InChI is InChI=1S/C18H20N2O4/c1-20(14(18(22)23)11-12-7-3-2-4-8-12)17(21)16-13-9-5-6-10-15(13)24-19-16/h2-4,7-8,14H,5-6,9-11H2,1H3,(H,22,23). The molecule has 0 fully saturated rings. The number of rotatable bonds is 5. The summed E-state index contributed by atoms with van der Waals surface area (Å²) in [6.07, 6.45) is 3.80. The van der Waals surface area contributed by atoms with Gasteiger partial charge in [0, 0.05) is 25.5 Å². The van der Waals surface area contributed by atoms with E-state index in [9.17, 15) is 14.7 Å². The van der Waals surface area contributed by atoms with E-state index in [1.807, 2.05) is 30.3 Å². The highest BCUT2D eigenvalue weighted by Gasteiger charge is 2.32. The smallest absolute Gasteiger partial charge is 0.326 e. The number of carbonyl (C=O) groups excluding carboxylic acids is 1. The van der Waals surface area contributed by atoms with Crippen LogP contribution in [0.2, 0.25) is 0 Å². The fourth-order valence-electron chi connectivity index (χ4n) is 3.09. The summed E-state index contributed by atoms with van der Waals surface area (Å²) in [5.41, 5.74) is 1.96. The Balaban J connectivity index is 1.82. The maximum Gasteiger partial charge on any atom is 0.326 e. The van der Waals surface area contributed by atoms with Gasteiger partial charge < -0.3 is 14.5 Å². The van der Waals surface area contributed by atoms with Crippen molar-refractivity contribution in [2.24, 2.45) is 0 Å². The molecule has 0 saturated heterocycles. The molecule has 1 N–H and O–H groups in total. The lowest BCUT2D eigenvalue weighted by Crippen LogP contribution is -2.44. The molecular formula is C18H20N2O4. The molecule has 0 saturated carbocycles. The van der Waals surface area contributed by atoms with E-state index in [1.54, 1.807) is 0 Å². The average molecular weight is 328 g/mol. The molecule has 6 nitrogen and oxygen atoms in total. The van der Waals surface area contributed by atoms with Gasteiger partial charge in [0.2, 0.25) is 0 Å². The Bertz CT molecular complexity index is 739. The van der Waals surface area contributed by atoms with Crippen LogP contribution in [-0.4, -0.2) is 40.1 Å². The molecule has 1 amide bonds. The van der Waals surface area contributed by atoms with Crippen LogP contribution in [-0.2, 0) is 24.1 Å². The first-order valence-corrected chi connectivity index (χ1v) is 8.09. The van der Waals surface area contributed by atoms with Gasteiger partial charge in [-0.05, 0) is 24.8 Å². The zero-order valence-electron chi connectivity index (χ0n) is 13.6. The van der Waals surface area contributed by atoms with Crippen LogP contribution in [0, 0.1) is 0 Å². The van der Waals surface area contributed by atoms with Crippen molar-refractivity contribution in [2.75, 3.05) is 7.05 Å². The second-order valence-corrected chi connectivity index (χ2v) is 6.10. The van der Waals surface area contributed by atoms with Gasteiger partial charge in [0.05, 0.1) is 0 Å². The number of aliphatic carboxylic acids is 1. The molecule has 0 spiro atoms. The summed E-state index contributed by atoms with van der Waals surface area (Å²) in [5, 5.41) is 13.5. The van der Waals surface area contributed by atoms with Crippen LogP contribution in [0.5, 0.6) is 0 Å². The van der Waals surface area contributed by atoms with Gasteiger partial charge >= 0.3 is 5.97 Å². The number of amides is 1. The van der Waals surface area contributed by atoms with E-state index in [0.29, 0.717) is 0 Å². The molecular weight excluding hydrogens is 308 g/mol. The molecule has 1 atom stereocenters. The third-order valence-electron chi connectivity index (χ3n) is 4.50. The highest BCUT2D eigenvalue weighted by molar-refractivity contribution is 5.96. The zero-order chi connectivity index (χ0) is 17.1. The molecule has 1 heterocycles. The van der Waals surface area contributed by atoms with E-state index in [-0.39, 0.29) is 12.1 Å². The van der Waals surface area contributed by atoms with Crippen LogP contribution in [0.1, 0.15) is 40.2 Å². The van der Waals surface area contributed by atoms with Crippen molar-refractivity contribution in [3.8, 4) is 0 Å². The molecule has 0 aliphatic heterocycles.